The maximum Gasteiger partial charge on any atom is 0.244 e. The molecule has 5 heteroatoms. The summed E-state index contributed by atoms with van der Waals surface area (Å²) in [6, 6.07) is 7.69. The van der Waals surface area contributed by atoms with Crippen molar-refractivity contribution >= 4 is 23.3 Å². The van der Waals surface area contributed by atoms with E-state index in [1.54, 1.807) is 23.5 Å². The Morgan fingerprint density at radius 3 is 2.88 bits per heavy atom. The Morgan fingerprint density at radius 2 is 2.16 bits per heavy atom. The van der Waals surface area contributed by atoms with Crippen molar-refractivity contribution in [3.05, 3.63) is 52.0 Å². The zero-order valence-electron chi connectivity index (χ0n) is 15.1. The van der Waals surface area contributed by atoms with E-state index in [2.05, 4.69) is 24.1 Å². The third-order valence-corrected chi connectivity index (χ3v) is 4.46. The fraction of sp³-hybridized carbons (Fsp3) is 0.400. The highest BCUT2D eigenvalue weighted by atomic mass is 32.1. The molecule has 0 bridgehead atoms. The van der Waals surface area contributed by atoms with Gasteiger partial charge in [-0.3, -0.25) is 4.79 Å². The van der Waals surface area contributed by atoms with Gasteiger partial charge in [0.2, 0.25) is 5.91 Å². The van der Waals surface area contributed by atoms with Gasteiger partial charge in [-0.25, -0.2) is 4.98 Å². The third kappa shape index (κ3) is 7.10. The fourth-order valence-corrected chi connectivity index (χ4v) is 2.92. The molecule has 134 valence electrons. The largest absolute Gasteiger partial charge is 0.487 e. The van der Waals surface area contributed by atoms with E-state index in [0.717, 1.165) is 34.9 Å². The lowest BCUT2D eigenvalue weighted by Gasteiger charge is -2.08. The SMILES string of the molecule is Cc1nc(COc2ccccc2/C=C/C(=O)NCCCC(C)C)cs1. The number of hydrogen-bond donors (Lipinski definition) is 1. The Hall–Kier alpha value is -2.14. The van der Waals surface area contributed by atoms with Crippen LogP contribution < -0.4 is 10.1 Å². The number of thiazole rings is 1. The van der Waals surface area contributed by atoms with Crippen molar-refractivity contribution in [1.29, 1.82) is 0 Å². The van der Waals surface area contributed by atoms with Gasteiger partial charge < -0.3 is 10.1 Å². The molecule has 0 saturated heterocycles. The summed E-state index contributed by atoms with van der Waals surface area (Å²) in [5, 5.41) is 5.94. The monoisotopic (exact) mass is 358 g/mol. The van der Waals surface area contributed by atoms with Gasteiger partial charge in [-0.2, -0.15) is 0 Å². The molecule has 0 atom stereocenters. The lowest BCUT2D eigenvalue weighted by Crippen LogP contribution is -2.22. The molecule has 0 aliphatic carbocycles. The smallest absolute Gasteiger partial charge is 0.244 e. The van der Waals surface area contributed by atoms with Gasteiger partial charge in [-0.05, 0) is 37.8 Å². The van der Waals surface area contributed by atoms with Crippen molar-refractivity contribution in [3.63, 3.8) is 0 Å². The van der Waals surface area contributed by atoms with Gasteiger partial charge in [-0.1, -0.05) is 32.0 Å². The van der Waals surface area contributed by atoms with Crippen LogP contribution in [0.2, 0.25) is 0 Å². The summed E-state index contributed by atoms with van der Waals surface area (Å²) in [6.07, 6.45) is 5.48. The van der Waals surface area contributed by atoms with Gasteiger partial charge in [-0.15, -0.1) is 11.3 Å². The van der Waals surface area contributed by atoms with E-state index in [1.165, 1.54) is 0 Å². The maximum absolute atomic E-state index is 11.9. The van der Waals surface area contributed by atoms with E-state index in [0.29, 0.717) is 19.1 Å². The minimum absolute atomic E-state index is 0.0753. The summed E-state index contributed by atoms with van der Waals surface area (Å²) >= 11 is 1.61. The molecular formula is C20H26N2O2S. The molecule has 0 aliphatic rings. The van der Waals surface area contributed by atoms with Crippen molar-refractivity contribution in [3.8, 4) is 5.75 Å². The summed E-state index contributed by atoms with van der Waals surface area (Å²) in [4.78, 5) is 16.3. The number of para-hydroxylation sites is 1. The highest BCUT2D eigenvalue weighted by Crippen LogP contribution is 2.21. The Bertz CT molecular complexity index is 707. The molecule has 4 nitrogen and oxygen atoms in total. The van der Waals surface area contributed by atoms with Crippen LogP contribution in [-0.2, 0) is 11.4 Å². The Morgan fingerprint density at radius 1 is 1.36 bits per heavy atom. The van der Waals surface area contributed by atoms with Gasteiger partial charge in [0.25, 0.3) is 0 Å². The summed E-state index contributed by atoms with van der Waals surface area (Å²) in [7, 11) is 0. The molecule has 1 aromatic heterocycles. The molecule has 2 rings (SSSR count). The lowest BCUT2D eigenvalue weighted by atomic mass is 10.1. The number of ether oxygens (including phenoxy) is 1. The number of nitrogens with one attached hydrogen (secondary N) is 1. The molecule has 1 N–H and O–H groups in total. The van der Waals surface area contributed by atoms with Gasteiger partial charge in [0.15, 0.2) is 0 Å². The number of carbonyl (C=O) groups is 1. The van der Waals surface area contributed by atoms with Crippen LogP contribution in [0.4, 0.5) is 0 Å². The first kappa shape index (κ1) is 19.2. The average Bonchev–Trinajstić information content (AvgIpc) is 3.01. The number of hydrogen-bond acceptors (Lipinski definition) is 4. The molecule has 1 aromatic carbocycles. The minimum atomic E-state index is -0.0753. The number of aromatic nitrogens is 1. The molecule has 25 heavy (non-hydrogen) atoms. The van der Waals surface area contributed by atoms with Crippen LogP contribution >= 0.6 is 11.3 Å². The molecule has 1 amide bonds. The summed E-state index contributed by atoms with van der Waals surface area (Å²) in [5.74, 6) is 1.34. The van der Waals surface area contributed by atoms with E-state index in [-0.39, 0.29) is 5.91 Å². The fourth-order valence-electron chi connectivity index (χ4n) is 2.32. The first-order valence-corrected chi connectivity index (χ1v) is 9.51. The maximum atomic E-state index is 11.9. The molecule has 0 saturated carbocycles. The van der Waals surface area contributed by atoms with Crippen molar-refractivity contribution < 1.29 is 9.53 Å². The van der Waals surface area contributed by atoms with E-state index in [9.17, 15) is 4.79 Å². The molecule has 0 fully saturated rings. The number of nitrogens with zero attached hydrogens (tertiary/aromatic N) is 1. The standard InChI is InChI=1S/C20H26N2O2S/c1-15(2)7-6-12-21-20(23)11-10-17-8-4-5-9-19(17)24-13-18-14-25-16(3)22-18/h4-5,8-11,14-15H,6-7,12-13H2,1-3H3,(H,21,23)/b11-10+. The van der Waals surface area contributed by atoms with E-state index >= 15 is 0 Å². The first-order valence-electron chi connectivity index (χ1n) is 8.63. The van der Waals surface area contributed by atoms with Crippen LogP contribution in [0, 0.1) is 12.8 Å². The molecular weight excluding hydrogens is 332 g/mol. The van der Waals surface area contributed by atoms with Crippen LogP contribution in [0.3, 0.4) is 0 Å². The second kappa shape index (κ2) is 9.99. The van der Waals surface area contributed by atoms with Crippen LogP contribution in [-0.4, -0.2) is 17.4 Å². The van der Waals surface area contributed by atoms with Crippen LogP contribution in [0.15, 0.2) is 35.7 Å². The number of amides is 1. The highest BCUT2D eigenvalue weighted by Gasteiger charge is 2.04. The minimum Gasteiger partial charge on any atom is -0.487 e. The van der Waals surface area contributed by atoms with E-state index < -0.39 is 0 Å². The van der Waals surface area contributed by atoms with Gasteiger partial charge >= 0.3 is 0 Å². The number of aryl methyl sites for hydroxylation is 1. The van der Waals surface area contributed by atoms with Gasteiger partial charge in [0.05, 0.1) is 10.7 Å². The van der Waals surface area contributed by atoms with Crippen molar-refractivity contribution in [1.82, 2.24) is 10.3 Å². The Kier molecular flexibility index (Phi) is 7.67. The predicted molar refractivity (Wildman–Crippen MR) is 104 cm³/mol. The van der Waals surface area contributed by atoms with Gasteiger partial charge in [0, 0.05) is 23.6 Å². The summed E-state index contributed by atoms with van der Waals surface area (Å²) < 4.78 is 5.85. The molecule has 0 unspecified atom stereocenters. The number of rotatable bonds is 9. The second-order valence-electron chi connectivity index (χ2n) is 6.34. The molecule has 2 aromatic rings. The zero-order chi connectivity index (χ0) is 18.1. The third-order valence-electron chi connectivity index (χ3n) is 3.63. The Labute approximate surface area is 153 Å². The molecule has 0 spiro atoms. The van der Waals surface area contributed by atoms with Crippen molar-refractivity contribution in [2.45, 2.75) is 40.2 Å². The van der Waals surface area contributed by atoms with Crippen LogP contribution in [0.5, 0.6) is 5.75 Å². The van der Waals surface area contributed by atoms with E-state index in [4.69, 9.17) is 4.74 Å². The quantitative estimate of drug-likeness (QED) is 0.527. The Balaban J connectivity index is 1.87. The topological polar surface area (TPSA) is 51.2 Å². The normalized spacial score (nSPS) is 11.2. The van der Waals surface area contributed by atoms with E-state index in [1.807, 2.05) is 36.6 Å². The van der Waals surface area contributed by atoms with Crippen LogP contribution in [0.1, 0.15) is 43.0 Å². The predicted octanol–water partition coefficient (Wildman–Crippen LogP) is 4.60. The van der Waals surface area contributed by atoms with Gasteiger partial charge in [0.1, 0.15) is 12.4 Å². The molecule has 1 heterocycles. The second-order valence-corrected chi connectivity index (χ2v) is 7.41. The first-order chi connectivity index (χ1) is 12.0. The molecule has 0 radical (unpaired) electrons. The highest BCUT2D eigenvalue weighted by molar-refractivity contribution is 7.09. The van der Waals surface area contributed by atoms with Crippen LogP contribution in [0.25, 0.3) is 6.08 Å². The number of benzene rings is 1. The number of carbonyl (C=O) groups excluding carboxylic acids is 1. The zero-order valence-corrected chi connectivity index (χ0v) is 15.9. The average molecular weight is 359 g/mol. The summed E-state index contributed by atoms with van der Waals surface area (Å²) in [5.41, 5.74) is 1.80. The lowest BCUT2D eigenvalue weighted by molar-refractivity contribution is -0.116. The van der Waals surface area contributed by atoms with Crippen molar-refractivity contribution in [2.75, 3.05) is 6.54 Å². The molecule has 0 aliphatic heterocycles. The van der Waals surface area contributed by atoms with Crippen molar-refractivity contribution in [2.24, 2.45) is 5.92 Å². The summed E-state index contributed by atoms with van der Waals surface area (Å²) in [6.45, 7) is 7.49.